The summed E-state index contributed by atoms with van der Waals surface area (Å²) < 4.78 is 5.61. The van der Waals surface area contributed by atoms with Crippen molar-refractivity contribution in [3.63, 3.8) is 0 Å². The van der Waals surface area contributed by atoms with E-state index in [0.29, 0.717) is 29.5 Å². The molecular weight excluding hydrogens is 362 g/mol. The fourth-order valence-corrected chi connectivity index (χ4v) is 4.53. The number of amides is 1. The molecule has 0 N–H and O–H groups in total. The van der Waals surface area contributed by atoms with Crippen molar-refractivity contribution in [1.29, 1.82) is 0 Å². The van der Waals surface area contributed by atoms with Crippen molar-refractivity contribution in [2.75, 3.05) is 18.1 Å². The highest BCUT2D eigenvalue weighted by atomic mass is 32.1. The third-order valence-electron chi connectivity index (χ3n) is 4.79. The van der Waals surface area contributed by atoms with Crippen molar-refractivity contribution in [1.82, 2.24) is 9.97 Å². The number of carbonyl (C=O) groups excluding carboxylic acids is 2. The number of aromatic nitrogens is 2. The average Bonchev–Trinajstić information content (AvgIpc) is 3.23. The molecule has 0 spiro atoms. The summed E-state index contributed by atoms with van der Waals surface area (Å²) in [4.78, 5) is 36.6. The van der Waals surface area contributed by atoms with Crippen LogP contribution in [0.25, 0.3) is 10.2 Å². The van der Waals surface area contributed by atoms with Crippen LogP contribution in [0.5, 0.6) is 5.88 Å². The molecule has 1 aromatic carbocycles. The van der Waals surface area contributed by atoms with Crippen LogP contribution in [0, 0.1) is 6.92 Å². The predicted molar refractivity (Wildman–Crippen MR) is 105 cm³/mol. The molecule has 1 aliphatic rings. The second kappa shape index (κ2) is 6.74. The number of ether oxygens (including phenoxy) is 1. The number of ketones is 1. The van der Waals surface area contributed by atoms with Gasteiger partial charge in [0.15, 0.2) is 5.78 Å². The maximum absolute atomic E-state index is 13.3. The number of carbonyl (C=O) groups is 2. The monoisotopic (exact) mass is 381 g/mol. The minimum atomic E-state index is -0.0488. The first-order chi connectivity index (χ1) is 13.0. The molecule has 0 aliphatic carbocycles. The molecule has 0 saturated heterocycles. The molecular formula is C20H19N3O3S. The highest BCUT2D eigenvalue weighted by molar-refractivity contribution is 7.20. The number of Topliss-reactive ketones (excluding diaryl/α,β-unsaturated/α-hetero) is 1. The summed E-state index contributed by atoms with van der Waals surface area (Å²) in [6.07, 6.45) is 2.21. The van der Waals surface area contributed by atoms with E-state index in [2.05, 4.69) is 9.97 Å². The van der Waals surface area contributed by atoms with E-state index in [9.17, 15) is 9.59 Å². The highest BCUT2D eigenvalue weighted by Gasteiger charge is 2.29. The maximum Gasteiger partial charge on any atom is 0.268 e. The van der Waals surface area contributed by atoms with Gasteiger partial charge in [0.2, 0.25) is 5.88 Å². The number of rotatable bonds is 4. The molecule has 0 unspecified atom stereocenters. The number of benzene rings is 1. The van der Waals surface area contributed by atoms with Crippen molar-refractivity contribution < 1.29 is 14.3 Å². The fourth-order valence-electron chi connectivity index (χ4n) is 3.44. The molecule has 4 rings (SSSR count). The number of nitrogens with zero attached hydrogens (tertiary/aromatic N) is 3. The van der Waals surface area contributed by atoms with E-state index in [1.165, 1.54) is 17.7 Å². The number of hydrogen-bond acceptors (Lipinski definition) is 6. The molecule has 0 bridgehead atoms. The van der Waals surface area contributed by atoms with Gasteiger partial charge in [-0.15, -0.1) is 11.3 Å². The molecule has 0 radical (unpaired) electrons. The first kappa shape index (κ1) is 17.6. The van der Waals surface area contributed by atoms with E-state index in [-0.39, 0.29) is 11.7 Å². The molecule has 138 valence electrons. The van der Waals surface area contributed by atoms with E-state index >= 15 is 0 Å². The first-order valence-electron chi connectivity index (χ1n) is 8.84. The molecule has 1 amide bonds. The van der Waals surface area contributed by atoms with Crippen molar-refractivity contribution in [2.24, 2.45) is 0 Å². The maximum atomic E-state index is 13.3. The summed E-state index contributed by atoms with van der Waals surface area (Å²) in [7, 11) is 0. The van der Waals surface area contributed by atoms with Crippen LogP contribution in [-0.2, 0) is 6.42 Å². The first-order valence-corrected chi connectivity index (χ1v) is 9.65. The zero-order chi connectivity index (χ0) is 19.1. The third kappa shape index (κ3) is 2.88. The van der Waals surface area contributed by atoms with E-state index in [1.54, 1.807) is 17.9 Å². The fraction of sp³-hybridized carbons (Fsp3) is 0.300. The summed E-state index contributed by atoms with van der Waals surface area (Å²) in [5.41, 5.74) is 3.43. The summed E-state index contributed by atoms with van der Waals surface area (Å²) in [5.74, 6) is 0.500. The van der Waals surface area contributed by atoms with Gasteiger partial charge in [0, 0.05) is 17.8 Å². The van der Waals surface area contributed by atoms with Crippen LogP contribution in [0.15, 0.2) is 24.5 Å². The summed E-state index contributed by atoms with van der Waals surface area (Å²) in [5, 5.41) is 0.805. The van der Waals surface area contributed by atoms with Gasteiger partial charge in [-0.1, -0.05) is 0 Å². The van der Waals surface area contributed by atoms with Crippen molar-refractivity contribution >= 4 is 38.9 Å². The van der Waals surface area contributed by atoms with Crippen LogP contribution in [-0.4, -0.2) is 34.8 Å². The molecule has 7 heteroatoms. The van der Waals surface area contributed by atoms with Crippen LogP contribution >= 0.6 is 11.3 Å². The summed E-state index contributed by atoms with van der Waals surface area (Å²) >= 11 is 1.37. The molecule has 2 aromatic heterocycles. The Morgan fingerprint density at radius 3 is 2.85 bits per heavy atom. The third-order valence-corrected chi connectivity index (χ3v) is 5.98. The number of anilines is 1. The topological polar surface area (TPSA) is 72.4 Å². The van der Waals surface area contributed by atoms with Crippen molar-refractivity contribution in [2.45, 2.75) is 27.2 Å². The molecule has 0 saturated carbocycles. The quantitative estimate of drug-likeness (QED) is 0.643. The number of aryl methyl sites for hydroxylation is 1. The van der Waals surface area contributed by atoms with Gasteiger partial charge in [-0.05, 0) is 56.5 Å². The molecule has 27 heavy (non-hydrogen) atoms. The van der Waals surface area contributed by atoms with Crippen LogP contribution < -0.4 is 9.64 Å². The van der Waals surface area contributed by atoms with E-state index in [1.807, 2.05) is 26.0 Å². The summed E-state index contributed by atoms with van der Waals surface area (Å²) in [6, 6.07) is 5.54. The minimum absolute atomic E-state index is 0.0324. The Morgan fingerprint density at radius 2 is 2.11 bits per heavy atom. The minimum Gasteiger partial charge on any atom is -0.477 e. The van der Waals surface area contributed by atoms with Crippen LogP contribution in [0.3, 0.4) is 0 Å². The Labute approximate surface area is 160 Å². The van der Waals surface area contributed by atoms with Crippen LogP contribution in [0.1, 0.15) is 45.0 Å². The Kier molecular flexibility index (Phi) is 4.39. The van der Waals surface area contributed by atoms with Crippen LogP contribution in [0.2, 0.25) is 0 Å². The Balaban J connectivity index is 1.74. The van der Waals surface area contributed by atoms with Gasteiger partial charge in [-0.25, -0.2) is 9.97 Å². The largest absolute Gasteiger partial charge is 0.477 e. The molecule has 0 atom stereocenters. The van der Waals surface area contributed by atoms with Gasteiger partial charge in [-0.2, -0.15) is 0 Å². The lowest BCUT2D eigenvalue weighted by Gasteiger charge is -2.17. The zero-order valence-electron chi connectivity index (χ0n) is 15.4. The second-order valence-corrected chi connectivity index (χ2v) is 7.45. The average molecular weight is 381 g/mol. The van der Waals surface area contributed by atoms with E-state index in [0.717, 1.165) is 33.5 Å². The van der Waals surface area contributed by atoms with Gasteiger partial charge >= 0.3 is 0 Å². The molecule has 0 fully saturated rings. The number of hydrogen-bond donors (Lipinski definition) is 0. The predicted octanol–water partition coefficient (Wildman–Crippen LogP) is 3.80. The lowest BCUT2D eigenvalue weighted by atomic mass is 10.1. The van der Waals surface area contributed by atoms with Crippen molar-refractivity contribution in [3.8, 4) is 5.88 Å². The molecule has 3 heterocycles. The normalized spacial score (nSPS) is 13.1. The smallest absolute Gasteiger partial charge is 0.268 e. The highest BCUT2D eigenvalue weighted by Crippen LogP contribution is 2.37. The van der Waals surface area contributed by atoms with Gasteiger partial charge in [0.25, 0.3) is 5.91 Å². The molecule has 1 aliphatic heterocycles. The van der Waals surface area contributed by atoms with Gasteiger partial charge in [0.1, 0.15) is 11.2 Å². The Hall–Kier alpha value is -2.80. The second-order valence-electron chi connectivity index (χ2n) is 6.45. The number of fused-ring (bicyclic) bond motifs is 2. The van der Waals surface area contributed by atoms with Gasteiger partial charge in [-0.3, -0.25) is 9.59 Å². The van der Waals surface area contributed by atoms with E-state index in [4.69, 9.17) is 4.74 Å². The number of thiophene rings is 1. The van der Waals surface area contributed by atoms with Crippen molar-refractivity contribution in [3.05, 3.63) is 46.1 Å². The van der Waals surface area contributed by atoms with Gasteiger partial charge < -0.3 is 9.64 Å². The molecule has 6 nitrogen and oxygen atoms in total. The Morgan fingerprint density at radius 1 is 1.30 bits per heavy atom. The van der Waals surface area contributed by atoms with Crippen LogP contribution in [0.4, 0.5) is 5.69 Å². The molecule has 3 aromatic rings. The summed E-state index contributed by atoms with van der Waals surface area (Å²) in [6.45, 7) is 6.47. The standard InChI is InChI=1S/C20H19N3O3S/c1-4-26-18-16-11(2)17(27-19(16)22-10-21-18)20(25)23-8-7-14-9-13(12(3)24)5-6-15(14)23/h5-6,9-10H,4,7-8H2,1-3H3. The lowest BCUT2D eigenvalue weighted by Crippen LogP contribution is -2.28. The lowest BCUT2D eigenvalue weighted by molar-refractivity contribution is 0.0990. The zero-order valence-corrected chi connectivity index (χ0v) is 16.2. The Bertz CT molecular complexity index is 1070. The SMILES string of the molecule is CCOc1ncnc2sc(C(=O)N3CCc4cc(C(C)=O)ccc43)c(C)c12. The van der Waals surface area contributed by atoms with Gasteiger partial charge in [0.05, 0.1) is 16.9 Å². The van der Waals surface area contributed by atoms with E-state index < -0.39 is 0 Å².